The van der Waals surface area contributed by atoms with Gasteiger partial charge >= 0.3 is 6.03 Å². The van der Waals surface area contributed by atoms with Crippen molar-refractivity contribution in [1.82, 2.24) is 15.5 Å². The molecule has 0 aromatic heterocycles. The van der Waals surface area contributed by atoms with Crippen molar-refractivity contribution in [3.8, 4) is 0 Å². The average molecular weight is 359 g/mol. The molecular formula is C20H29N3O3. The van der Waals surface area contributed by atoms with Crippen LogP contribution in [0.4, 0.5) is 4.79 Å². The van der Waals surface area contributed by atoms with Gasteiger partial charge < -0.3 is 20.3 Å². The standard InChI is InChI=1S/C20H29N3O3/c1-20(18(24)21-13-16-7-3-2-4-8-16)10-6-11-23(15-20)19(25)22-14-17-9-5-12-26-17/h2-4,7-8,17H,5-6,9-15H2,1H3,(H,21,24)(H,22,25)/t17-,20-/m0/s1. The molecule has 2 heterocycles. The van der Waals surface area contributed by atoms with E-state index in [-0.39, 0.29) is 18.0 Å². The van der Waals surface area contributed by atoms with Gasteiger partial charge in [0, 0.05) is 32.8 Å². The first kappa shape index (κ1) is 18.7. The van der Waals surface area contributed by atoms with E-state index in [9.17, 15) is 9.59 Å². The Morgan fingerprint density at radius 2 is 2.04 bits per heavy atom. The van der Waals surface area contributed by atoms with Crippen LogP contribution in [0.2, 0.25) is 0 Å². The summed E-state index contributed by atoms with van der Waals surface area (Å²) in [6, 6.07) is 9.78. The van der Waals surface area contributed by atoms with Gasteiger partial charge in [0.15, 0.2) is 0 Å². The highest BCUT2D eigenvalue weighted by Crippen LogP contribution is 2.30. The zero-order valence-corrected chi connectivity index (χ0v) is 15.5. The summed E-state index contributed by atoms with van der Waals surface area (Å²) in [7, 11) is 0. The molecule has 2 fully saturated rings. The van der Waals surface area contributed by atoms with Crippen LogP contribution in [0.15, 0.2) is 30.3 Å². The summed E-state index contributed by atoms with van der Waals surface area (Å²) in [5.74, 6) is 0.0120. The van der Waals surface area contributed by atoms with Crippen LogP contribution in [-0.2, 0) is 16.1 Å². The molecule has 3 rings (SSSR count). The number of carbonyl (C=O) groups excluding carboxylic acids is 2. The molecule has 0 radical (unpaired) electrons. The lowest BCUT2D eigenvalue weighted by Crippen LogP contribution is -2.54. The van der Waals surface area contributed by atoms with Gasteiger partial charge in [0.2, 0.25) is 5.91 Å². The van der Waals surface area contributed by atoms with Crippen molar-refractivity contribution in [3.05, 3.63) is 35.9 Å². The lowest BCUT2D eigenvalue weighted by atomic mass is 9.81. The van der Waals surface area contributed by atoms with Crippen molar-refractivity contribution in [2.75, 3.05) is 26.2 Å². The van der Waals surface area contributed by atoms with Crippen molar-refractivity contribution in [2.24, 2.45) is 5.41 Å². The molecule has 6 nitrogen and oxygen atoms in total. The zero-order valence-electron chi connectivity index (χ0n) is 15.5. The highest BCUT2D eigenvalue weighted by atomic mass is 16.5. The predicted octanol–water partition coefficient (Wildman–Crippen LogP) is 2.29. The van der Waals surface area contributed by atoms with Crippen LogP contribution in [0.5, 0.6) is 0 Å². The van der Waals surface area contributed by atoms with Crippen LogP contribution in [0.3, 0.4) is 0 Å². The van der Waals surface area contributed by atoms with Crippen LogP contribution < -0.4 is 10.6 Å². The minimum Gasteiger partial charge on any atom is -0.376 e. The molecule has 3 amide bonds. The largest absolute Gasteiger partial charge is 0.376 e. The summed E-state index contributed by atoms with van der Waals surface area (Å²) in [5, 5.41) is 5.99. The highest BCUT2D eigenvalue weighted by Gasteiger charge is 2.39. The van der Waals surface area contributed by atoms with Crippen molar-refractivity contribution < 1.29 is 14.3 Å². The van der Waals surface area contributed by atoms with Gasteiger partial charge in [-0.2, -0.15) is 0 Å². The van der Waals surface area contributed by atoms with Gasteiger partial charge in [0.1, 0.15) is 0 Å². The Morgan fingerprint density at radius 3 is 2.77 bits per heavy atom. The molecule has 2 N–H and O–H groups in total. The number of hydrogen-bond donors (Lipinski definition) is 2. The SMILES string of the molecule is C[C@]1(C(=O)NCc2ccccc2)CCCN(C(=O)NC[C@@H]2CCCO2)C1. The third kappa shape index (κ3) is 4.75. The molecule has 1 aromatic rings. The van der Waals surface area contributed by atoms with Gasteiger partial charge in [-0.1, -0.05) is 30.3 Å². The molecule has 2 saturated heterocycles. The maximum atomic E-state index is 12.7. The Balaban J connectivity index is 1.50. The molecule has 1 aromatic carbocycles. The van der Waals surface area contributed by atoms with E-state index in [1.54, 1.807) is 4.90 Å². The number of likely N-dealkylation sites (tertiary alicyclic amines) is 1. The summed E-state index contributed by atoms with van der Waals surface area (Å²) in [6.07, 6.45) is 3.82. The van der Waals surface area contributed by atoms with E-state index in [1.807, 2.05) is 37.3 Å². The Morgan fingerprint density at radius 1 is 1.23 bits per heavy atom. The minimum absolute atomic E-state index is 0.0120. The predicted molar refractivity (Wildman–Crippen MR) is 99.6 cm³/mol. The average Bonchev–Trinajstić information content (AvgIpc) is 3.18. The summed E-state index contributed by atoms with van der Waals surface area (Å²) in [4.78, 5) is 27.0. The molecule has 0 aliphatic carbocycles. The topological polar surface area (TPSA) is 70.7 Å². The second-order valence-corrected chi connectivity index (χ2v) is 7.58. The highest BCUT2D eigenvalue weighted by molar-refractivity contribution is 5.84. The van der Waals surface area contributed by atoms with Crippen molar-refractivity contribution in [1.29, 1.82) is 0 Å². The zero-order chi connectivity index (χ0) is 18.4. The fourth-order valence-electron chi connectivity index (χ4n) is 3.71. The first-order valence-electron chi connectivity index (χ1n) is 9.53. The number of piperidine rings is 1. The molecule has 142 valence electrons. The Labute approximate surface area is 155 Å². The van der Waals surface area contributed by atoms with Crippen molar-refractivity contribution >= 4 is 11.9 Å². The van der Waals surface area contributed by atoms with Gasteiger partial charge in [-0.05, 0) is 38.2 Å². The first-order valence-corrected chi connectivity index (χ1v) is 9.53. The van der Waals surface area contributed by atoms with E-state index in [0.717, 1.165) is 37.9 Å². The molecule has 0 bridgehead atoms. The summed E-state index contributed by atoms with van der Waals surface area (Å²) < 4.78 is 5.55. The number of benzene rings is 1. The van der Waals surface area contributed by atoms with E-state index in [2.05, 4.69) is 10.6 Å². The third-order valence-corrected chi connectivity index (χ3v) is 5.33. The van der Waals surface area contributed by atoms with Crippen LogP contribution in [0.25, 0.3) is 0 Å². The smallest absolute Gasteiger partial charge is 0.317 e. The normalized spacial score (nSPS) is 25.7. The van der Waals surface area contributed by atoms with Gasteiger partial charge in [-0.25, -0.2) is 4.79 Å². The summed E-state index contributed by atoms with van der Waals surface area (Å²) in [5.41, 5.74) is 0.528. The fourth-order valence-corrected chi connectivity index (χ4v) is 3.71. The lowest BCUT2D eigenvalue weighted by molar-refractivity contribution is -0.132. The first-order chi connectivity index (χ1) is 12.6. The second kappa shape index (κ2) is 8.54. The number of ether oxygens (including phenoxy) is 1. The summed E-state index contributed by atoms with van der Waals surface area (Å²) in [6.45, 7) is 4.94. The third-order valence-electron chi connectivity index (χ3n) is 5.33. The van der Waals surface area contributed by atoms with E-state index in [0.29, 0.717) is 26.2 Å². The van der Waals surface area contributed by atoms with Crippen LogP contribution >= 0.6 is 0 Å². The van der Waals surface area contributed by atoms with E-state index < -0.39 is 5.41 Å². The Bertz CT molecular complexity index is 616. The minimum atomic E-state index is -0.547. The van der Waals surface area contributed by atoms with Gasteiger partial charge in [-0.15, -0.1) is 0 Å². The molecule has 0 saturated carbocycles. The Hall–Kier alpha value is -2.08. The maximum absolute atomic E-state index is 12.7. The number of urea groups is 1. The maximum Gasteiger partial charge on any atom is 0.317 e. The number of hydrogen-bond acceptors (Lipinski definition) is 3. The number of nitrogens with one attached hydrogen (secondary N) is 2. The number of carbonyl (C=O) groups is 2. The van der Waals surface area contributed by atoms with Gasteiger partial charge in [0.05, 0.1) is 11.5 Å². The quantitative estimate of drug-likeness (QED) is 0.847. The van der Waals surface area contributed by atoms with Crippen molar-refractivity contribution in [3.63, 3.8) is 0 Å². The fraction of sp³-hybridized carbons (Fsp3) is 0.600. The van der Waals surface area contributed by atoms with Gasteiger partial charge in [-0.3, -0.25) is 4.79 Å². The molecule has 26 heavy (non-hydrogen) atoms. The molecule has 2 aliphatic rings. The van der Waals surface area contributed by atoms with Crippen LogP contribution in [0.1, 0.15) is 38.2 Å². The Kier molecular flexibility index (Phi) is 6.14. The van der Waals surface area contributed by atoms with Gasteiger partial charge in [0.25, 0.3) is 0 Å². The lowest BCUT2D eigenvalue weighted by Gasteiger charge is -2.39. The van der Waals surface area contributed by atoms with E-state index in [1.165, 1.54) is 0 Å². The number of amides is 3. The second-order valence-electron chi connectivity index (χ2n) is 7.58. The van der Waals surface area contributed by atoms with E-state index >= 15 is 0 Å². The van der Waals surface area contributed by atoms with E-state index in [4.69, 9.17) is 4.74 Å². The summed E-state index contributed by atoms with van der Waals surface area (Å²) >= 11 is 0. The molecule has 0 unspecified atom stereocenters. The monoisotopic (exact) mass is 359 g/mol. The van der Waals surface area contributed by atoms with Crippen LogP contribution in [-0.4, -0.2) is 49.2 Å². The number of rotatable bonds is 5. The molecule has 2 aliphatic heterocycles. The number of nitrogens with zero attached hydrogens (tertiary/aromatic N) is 1. The molecule has 2 atom stereocenters. The van der Waals surface area contributed by atoms with Crippen LogP contribution in [0, 0.1) is 5.41 Å². The molecular weight excluding hydrogens is 330 g/mol. The molecule has 0 spiro atoms. The molecule has 6 heteroatoms. The van der Waals surface area contributed by atoms with Crippen molar-refractivity contribution in [2.45, 2.75) is 45.3 Å².